The van der Waals surface area contributed by atoms with Crippen molar-refractivity contribution in [1.82, 2.24) is 14.4 Å². The first kappa shape index (κ1) is 19.0. The number of amides is 2. The lowest BCUT2D eigenvalue weighted by Gasteiger charge is -2.39. The maximum absolute atomic E-state index is 13.0. The number of carbonyl (C=O) groups is 2. The van der Waals surface area contributed by atoms with Crippen molar-refractivity contribution in [3.8, 4) is 0 Å². The molecule has 6 heteroatoms. The fraction of sp³-hybridized carbons (Fsp3) is 0.700. The van der Waals surface area contributed by atoms with Crippen molar-refractivity contribution in [1.29, 1.82) is 0 Å². The van der Waals surface area contributed by atoms with Crippen LogP contribution in [-0.2, 0) is 15.1 Å². The maximum Gasteiger partial charge on any atom is 0.255 e. The van der Waals surface area contributed by atoms with Gasteiger partial charge in [0.15, 0.2) is 0 Å². The summed E-state index contributed by atoms with van der Waals surface area (Å²) in [6.45, 7) is 9.53. The maximum atomic E-state index is 13.0. The molecule has 0 unspecified atom stereocenters. The molecule has 6 nitrogen and oxygen atoms in total. The van der Waals surface area contributed by atoms with Crippen LogP contribution >= 0.6 is 0 Å². The van der Waals surface area contributed by atoms with E-state index in [2.05, 4.69) is 25.3 Å². The zero-order chi connectivity index (χ0) is 18.9. The highest BCUT2D eigenvalue weighted by Gasteiger charge is 2.49. The molecule has 2 aliphatic rings. The third kappa shape index (κ3) is 3.52. The van der Waals surface area contributed by atoms with Gasteiger partial charge in [-0.2, -0.15) is 0 Å². The number of hydrogen-bond donors (Lipinski definition) is 0. The Hall–Kier alpha value is -1.82. The van der Waals surface area contributed by atoms with Crippen LogP contribution in [-0.4, -0.2) is 66.1 Å². The molecule has 26 heavy (non-hydrogen) atoms. The standard InChI is InChI=1S/C20H31N3O3/c1-19(2,3)23-10-6-16(14-23)17(24)22-11-8-20(15-22)7-5-9-21(18(20)25)12-13-26-4/h6,10,14H,5,7-9,11-13,15H2,1-4H3/t20-/m0/s1. The van der Waals surface area contributed by atoms with Crippen molar-refractivity contribution in [3.63, 3.8) is 0 Å². The van der Waals surface area contributed by atoms with Crippen LogP contribution in [0, 0.1) is 5.41 Å². The Morgan fingerprint density at radius 2 is 2.04 bits per heavy atom. The molecule has 1 spiro atoms. The van der Waals surface area contributed by atoms with Crippen molar-refractivity contribution >= 4 is 11.8 Å². The quantitative estimate of drug-likeness (QED) is 0.827. The average Bonchev–Trinajstić information content (AvgIpc) is 3.24. The number of rotatable bonds is 4. The van der Waals surface area contributed by atoms with Gasteiger partial charge in [0.1, 0.15) is 0 Å². The first-order valence-electron chi connectivity index (χ1n) is 9.53. The number of carbonyl (C=O) groups excluding carboxylic acids is 2. The van der Waals surface area contributed by atoms with Gasteiger partial charge in [-0.3, -0.25) is 9.59 Å². The van der Waals surface area contributed by atoms with Crippen LogP contribution in [0.4, 0.5) is 0 Å². The van der Waals surface area contributed by atoms with Crippen molar-refractivity contribution < 1.29 is 14.3 Å². The molecule has 1 atom stereocenters. The molecule has 2 aliphatic heterocycles. The van der Waals surface area contributed by atoms with Crippen molar-refractivity contribution in [3.05, 3.63) is 24.0 Å². The Kier molecular flexibility index (Phi) is 5.15. The van der Waals surface area contributed by atoms with Gasteiger partial charge in [0, 0.05) is 51.2 Å². The average molecular weight is 361 g/mol. The lowest BCUT2D eigenvalue weighted by molar-refractivity contribution is -0.146. The molecule has 0 radical (unpaired) electrons. The highest BCUT2D eigenvalue weighted by atomic mass is 16.5. The minimum atomic E-state index is -0.395. The number of methoxy groups -OCH3 is 1. The molecule has 0 N–H and O–H groups in total. The Morgan fingerprint density at radius 3 is 2.69 bits per heavy atom. The smallest absolute Gasteiger partial charge is 0.255 e. The number of piperidine rings is 1. The minimum Gasteiger partial charge on any atom is -0.383 e. The molecule has 3 heterocycles. The number of aromatic nitrogens is 1. The van der Waals surface area contributed by atoms with Gasteiger partial charge < -0.3 is 19.1 Å². The van der Waals surface area contributed by atoms with Crippen LogP contribution in [0.3, 0.4) is 0 Å². The number of likely N-dealkylation sites (tertiary alicyclic amines) is 2. The van der Waals surface area contributed by atoms with Gasteiger partial charge in [-0.1, -0.05) is 0 Å². The summed E-state index contributed by atoms with van der Waals surface area (Å²) in [6.07, 6.45) is 6.51. The summed E-state index contributed by atoms with van der Waals surface area (Å²) >= 11 is 0. The molecule has 144 valence electrons. The zero-order valence-electron chi connectivity index (χ0n) is 16.5. The van der Waals surface area contributed by atoms with Crippen molar-refractivity contribution in [2.45, 2.75) is 45.6 Å². The fourth-order valence-electron chi connectivity index (χ4n) is 4.11. The topological polar surface area (TPSA) is 54.8 Å². The van der Waals surface area contributed by atoms with Crippen LogP contribution in [0.1, 0.15) is 50.4 Å². The summed E-state index contributed by atoms with van der Waals surface area (Å²) in [5.74, 6) is 0.232. The summed E-state index contributed by atoms with van der Waals surface area (Å²) in [5, 5.41) is 0. The largest absolute Gasteiger partial charge is 0.383 e. The van der Waals surface area contributed by atoms with E-state index in [1.807, 2.05) is 28.3 Å². The predicted octanol–water partition coefficient (Wildman–Crippen LogP) is 2.34. The van der Waals surface area contributed by atoms with E-state index in [4.69, 9.17) is 4.74 Å². The van der Waals surface area contributed by atoms with E-state index >= 15 is 0 Å². The molecule has 2 fully saturated rings. The fourth-order valence-corrected chi connectivity index (χ4v) is 4.11. The Labute approximate surface area is 156 Å². The van der Waals surface area contributed by atoms with Crippen LogP contribution < -0.4 is 0 Å². The molecule has 2 amide bonds. The second-order valence-corrected chi connectivity index (χ2v) is 8.62. The molecule has 0 aromatic carbocycles. The lowest BCUT2D eigenvalue weighted by atomic mass is 9.78. The van der Waals surface area contributed by atoms with E-state index in [0.717, 1.165) is 25.8 Å². The van der Waals surface area contributed by atoms with Crippen LogP contribution in [0.5, 0.6) is 0 Å². The molecule has 0 saturated carbocycles. The predicted molar refractivity (Wildman–Crippen MR) is 100 cm³/mol. The second kappa shape index (κ2) is 7.06. The second-order valence-electron chi connectivity index (χ2n) is 8.62. The van der Waals surface area contributed by atoms with Gasteiger partial charge >= 0.3 is 0 Å². The van der Waals surface area contributed by atoms with Gasteiger partial charge in [-0.25, -0.2) is 0 Å². The van der Waals surface area contributed by atoms with Gasteiger partial charge in [0.2, 0.25) is 5.91 Å². The third-order valence-electron chi connectivity index (χ3n) is 5.75. The molecular weight excluding hydrogens is 330 g/mol. The normalized spacial score (nSPS) is 23.9. The third-order valence-corrected chi connectivity index (χ3v) is 5.75. The van der Waals surface area contributed by atoms with Gasteiger partial charge in [-0.15, -0.1) is 0 Å². The van der Waals surface area contributed by atoms with E-state index in [0.29, 0.717) is 31.8 Å². The summed E-state index contributed by atoms with van der Waals surface area (Å²) in [6, 6.07) is 1.88. The van der Waals surface area contributed by atoms with E-state index < -0.39 is 5.41 Å². The Balaban J connectivity index is 1.70. The molecule has 1 aromatic rings. The molecule has 2 saturated heterocycles. The number of nitrogens with zero attached hydrogens (tertiary/aromatic N) is 3. The number of ether oxygens (including phenoxy) is 1. The molecule has 1 aromatic heterocycles. The Bertz CT molecular complexity index is 676. The summed E-state index contributed by atoms with van der Waals surface area (Å²) in [4.78, 5) is 29.7. The lowest BCUT2D eigenvalue weighted by Crippen LogP contribution is -2.51. The molecule has 0 aliphatic carbocycles. The van der Waals surface area contributed by atoms with Crippen LogP contribution in [0.2, 0.25) is 0 Å². The van der Waals surface area contributed by atoms with Crippen LogP contribution in [0.15, 0.2) is 18.5 Å². The first-order valence-corrected chi connectivity index (χ1v) is 9.53. The van der Waals surface area contributed by atoms with E-state index in [1.165, 1.54) is 0 Å². The Morgan fingerprint density at radius 1 is 1.27 bits per heavy atom. The number of hydrogen-bond acceptors (Lipinski definition) is 3. The SMILES string of the molecule is COCCN1CCC[C@@]2(CCN(C(=O)c3ccn(C(C)(C)C)c3)C2)C1=O. The van der Waals surface area contributed by atoms with Crippen molar-refractivity contribution in [2.24, 2.45) is 5.41 Å². The van der Waals surface area contributed by atoms with Gasteiger partial charge in [0.25, 0.3) is 5.91 Å². The highest BCUT2D eigenvalue weighted by Crippen LogP contribution is 2.40. The highest BCUT2D eigenvalue weighted by molar-refractivity contribution is 5.95. The first-order chi connectivity index (χ1) is 12.3. The molecule has 3 rings (SSSR count). The van der Waals surface area contributed by atoms with Crippen LogP contribution in [0.25, 0.3) is 0 Å². The van der Waals surface area contributed by atoms with Crippen molar-refractivity contribution in [2.75, 3.05) is 39.9 Å². The summed E-state index contributed by atoms with van der Waals surface area (Å²) in [7, 11) is 1.66. The zero-order valence-corrected chi connectivity index (χ0v) is 16.5. The molecule has 0 bridgehead atoms. The summed E-state index contributed by atoms with van der Waals surface area (Å²) < 4.78 is 7.19. The van der Waals surface area contributed by atoms with E-state index in [1.54, 1.807) is 7.11 Å². The van der Waals surface area contributed by atoms with E-state index in [9.17, 15) is 9.59 Å². The monoisotopic (exact) mass is 361 g/mol. The van der Waals surface area contributed by atoms with Gasteiger partial charge in [0.05, 0.1) is 17.6 Å². The summed E-state index contributed by atoms with van der Waals surface area (Å²) in [5.41, 5.74) is 0.261. The van der Waals surface area contributed by atoms with E-state index in [-0.39, 0.29) is 17.4 Å². The minimum absolute atomic E-state index is 0.0340. The van der Waals surface area contributed by atoms with Gasteiger partial charge in [-0.05, 0) is 46.1 Å². The molecular formula is C20H31N3O3.